The van der Waals surface area contributed by atoms with E-state index in [0.717, 1.165) is 6.07 Å². The van der Waals surface area contributed by atoms with E-state index in [1.165, 1.54) is 12.1 Å². The molecular weight excluding hydrogens is 188 g/mol. The minimum Gasteiger partial charge on any atom is -0.445 e. The van der Waals surface area contributed by atoms with Gasteiger partial charge >= 0.3 is 6.98 Å². The summed E-state index contributed by atoms with van der Waals surface area (Å²) in [6.07, 6.45) is 0. The Morgan fingerprint density at radius 2 is 1.43 bits per heavy atom. The Balaban J connectivity index is 2.78. The zero-order valence-electron chi connectivity index (χ0n) is 7.25. The Morgan fingerprint density at radius 3 is 2.14 bits per heavy atom. The predicted molar refractivity (Wildman–Crippen MR) is 52.7 cm³/mol. The van der Waals surface area contributed by atoms with Gasteiger partial charge in [0.15, 0.2) is 0 Å². The summed E-state index contributed by atoms with van der Waals surface area (Å²) in [5, 5.41) is 0.909. The van der Waals surface area contributed by atoms with Crippen molar-refractivity contribution in [3.8, 4) is 0 Å². The van der Waals surface area contributed by atoms with Gasteiger partial charge in [-0.3, -0.25) is 0 Å². The zero-order valence-corrected chi connectivity index (χ0v) is 7.25. The second-order valence-electron chi connectivity index (χ2n) is 3.14. The Labute approximate surface area is 79.4 Å². The molecule has 2 rings (SSSR count). The Hall–Kier alpha value is -1.45. The Kier molecular flexibility index (Phi) is 1.99. The highest BCUT2D eigenvalue weighted by Crippen LogP contribution is 2.17. The summed E-state index contributed by atoms with van der Waals surface area (Å²) >= 11 is 0. The van der Waals surface area contributed by atoms with Crippen molar-refractivity contribution in [1.82, 2.24) is 0 Å². The normalized spacial score (nSPS) is 11.9. The van der Waals surface area contributed by atoms with Crippen LogP contribution < -0.4 is 5.46 Å². The number of fused-ring (bicyclic) bond motifs is 1. The molecule has 0 N–H and O–H groups in total. The van der Waals surface area contributed by atoms with E-state index in [9.17, 15) is 12.9 Å². The monoisotopic (exact) mass is 195 g/mol. The first-order chi connectivity index (χ1) is 6.59. The molecule has 0 aromatic heterocycles. The maximum atomic E-state index is 12.6. The molecule has 0 amide bonds. The molecule has 0 fully saturated rings. The molecule has 72 valence electrons. The molecule has 0 aliphatic rings. The van der Waals surface area contributed by atoms with Crippen LogP contribution in [0.3, 0.4) is 0 Å². The van der Waals surface area contributed by atoms with Crippen LogP contribution in [0, 0.1) is 0 Å². The number of hydrogen-bond donors (Lipinski definition) is 0. The Bertz CT molecular complexity index is 457. The van der Waals surface area contributed by atoms with Crippen LogP contribution in [0.2, 0.25) is 0 Å². The minimum absolute atomic E-state index is 0.280. The fraction of sp³-hybridized carbons (Fsp3) is 0. The van der Waals surface area contributed by atoms with Crippen LogP contribution in [-0.4, -0.2) is 6.98 Å². The fourth-order valence-electron chi connectivity index (χ4n) is 1.54. The molecule has 14 heavy (non-hydrogen) atoms. The molecule has 4 heteroatoms. The number of benzene rings is 2. The molecule has 0 nitrogen and oxygen atoms in total. The van der Waals surface area contributed by atoms with Crippen molar-refractivity contribution in [2.45, 2.75) is 0 Å². The summed E-state index contributed by atoms with van der Waals surface area (Å²) in [5.74, 6) is 0. The van der Waals surface area contributed by atoms with Gasteiger partial charge in [-0.15, -0.1) is 5.46 Å². The first-order valence-electron chi connectivity index (χ1n) is 4.26. The number of rotatable bonds is 1. The van der Waals surface area contributed by atoms with Crippen LogP contribution in [0.15, 0.2) is 42.5 Å². The first-order valence-corrected chi connectivity index (χ1v) is 4.26. The smallest absolute Gasteiger partial charge is 0.445 e. The van der Waals surface area contributed by atoms with Crippen molar-refractivity contribution < 1.29 is 12.9 Å². The van der Waals surface area contributed by atoms with E-state index in [1.54, 1.807) is 24.3 Å². The highest BCUT2D eigenvalue weighted by Gasteiger charge is 2.26. The summed E-state index contributed by atoms with van der Waals surface area (Å²) in [7, 11) is 0. The van der Waals surface area contributed by atoms with Gasteiger partial charge in [0.25, 0.3) is 0 Å². The summed E-state index contributed by atoms with van der Waals surface area (Å²) in [6, 6.07) is 10.8. The van der Waals surface area contributed by atoms with Gasteiger partial charge in [-0.25, -0.2) is 0 Å². The van der Waals surface area contributed by atoms with Gasteiger partial charge in [0.2, 0.25) is 0 Å². The molecule has 2 aromatic carbocycles. The standard InChI is InChI=1S/C10H7BF3/c12-11(13,14)10-7-3-5-8-4-1-2-6-9(8)10/h1-7H/q-1. The summed E-state index contributed by atoms with van der Waals surface area (Å²) < 4.78 is 37.7. The predicted octanol–water partition coefficient (Wildman–Crippen LogP) is 2.89. The van der Waals surface area contributed by atoms with Crippen molar-refractivity contribution in [2.24, 2.45) is 0 Å². The summed E-state index contributed by atoms with van der Waals surface area (Å²) in [5.41, 5.74) is -0.511. The summed E-state index contributed by atoms with van der Waals surface area (Å²) in [6.45, 7) is -4.92. The average molecular weight is 195 g/mol. The van der Waals surface area contributed by atoms with Crippen molar-refractivity contribution in [3.05, 3.63) is 42.5 Å². The van der Waals surface area contributed by atoms with Gasteiger partial charge < -0.3 is 12.9 Å². The average Bonchev–Trinajstić information content (AvgIpc) is 2.15. The molecule has 0 aliphatic carbocycles. The van der Waals surface area contributed by atoms with Crippen molar-refractivity contribution >= 4 is 23.2 Å². The lowest BCUT2D eigenvalue weighted by atomic mass is 9.77. The highest BCUT2D eigenvalue weighted by molar-refractivity contribution is 6.75. The van der Waals surface area contributed by atoms with Crippen LogP contribution in [0.4, 0.5) is 12.9 Å². The topological polar surface area (TPSA) is 0 Å². The fourth-order valence-corrected chi connectivity index (χ4v) is 1.54. The molecular formula is C10H7BF3-. The number of hydrogen-bond acceptors (Lipinski definition) is 0. The molecule has 2 aromatic rings. The SMILES string of the molecule is F[B-](F)(F)c1cccc2ccccc12. The van der Waals surface area contributed by atoms with Gasteiger partial charge in [0.05, 0.1) is 0 Å². The quantitative estimate of drug-likeness (QED) is 0.613. The zero-order chi connectivity index (χ0) is 10.2. The third-order valence-electron chi connectivity index (χ3n) is 2.18. The van der Waals surface area contributed by atoms with Gasteiger partial charge in [-0.1, -0.05) is 42.5 Å². The van der Waals surface area contributed by atoms with Crippen LogP contribution in [0.25, 0.3) is 10.8 Å². The third kappa shape index (κ3) is 1.48. The van der Waals surface area contributed by atoms with Crippen molar-refractivity contribution in [2.75, 3.05) is 0 Å². The highest BCUT2D eigenvalue weighted by atomic mass is 19.4. The molecule has 0 radical (unpaired) electrons. The van der Waals surface area contributed by atoms with Gasteiger partial charge in [0.1, 0.15) is 0 Å². The molecule has 0 saturated heterocycles. The minimum atomic E-state index is -4.92. The molecule has 0 aliphatic heterocycles. The lowest BCUT2D eigenvalue weighted by molar-refractivity contribution is 0.502. The second-order valence-corrected chi connectivity index (χ2v) is 3.14. The maximum Gasteiger partial charge on any atom is 0.510 e. The largest absolute Gasteiger partial charge is 0.510 e. The van der Waals surface area contributed by atoms with Crippen LogP contribution in [0.1, 0.15) is 0 Å². The van der Waals surface area contributed by atoms with E-state index in [1.807, 2.05) is 0 Å². The van der Waals surface area contributed by atoms with Gasteiger partial charge in [-0.2, -0.15) is 0 Å². The van der Waals surface area contributed by atoms with Crippen LogP contribution in [0.5, 0.6) is 0 Å². The van der Waals surface area contributed by atoms with Crippen LogP contribution >= 0.6 is 0 Å². The Morgan fingerprint density at radius 1 is 0.786 bits per heavy atom. The van der Waals surface area contributed by atoms with E-state index >= 15 is 0 Å². The lowest BCUT2D eigenvalue weighted by Gasteiger charge is -2.17. The first kappa shape index (κ1) is 9.12. The van der Waals surface area contributed by atoms with Gasteiger partial charge in [0, 0.05) is 0 Å². The van der Waals surface area contributed by atoms with Crippen molar-refractivity contribution in [3.63, 3.8) is 0 Å². The van der Waals surface area contributed by atoms with E-state index in [2.05, 4.69) is 0 Å². The molecule has 0 atom stereocenters. The van der Waals surface area contributed by atoms with E-state index in [4.69, 9.17) is 0 Å². The van der Waals surface area contributed by atoms with E-state index < -0.39 is 12.4 Å². The third-order valence-corrected chi connectivity index (χ3v) is 2.18. The maximum absolute atomic E-state index is 12.6. The molecule has 0 bridgehead atoms. The second kappa shape index (κ2) is 3.05. The molecule has 0 unspecified atom stereocenters. The van der Waals surface area contributed by atoms with E-state index in [-0.39, 0.29) is 5.39 Å². The van der Waals surface area contributed by atoms with Crippen LogP contribution in [-0.2, 0) is 0 Å². The lowest BCUT2D eigenvalue weighted by Crippen LogP contribution is -2.34. The van der Waals surface area contributed by atoms with E-state index in [0.29, 0.717) is 5.39 Å². The molecule has 0 heterocycles. The number of halogens is 3. The van der Waals surface area contributed by atoms with Gasteiger partial charge in [-0.05, 0) is 10.8 Å². The molecule has 0 saturated carbocycles. The summed E-state index contributed by atoms with van der Waals surface area (Å²) in [4.78, 5) is 0. The van der Waals surface area contributed by atoms with Crippen molar-refractivity contribution in [1.29, 1.82) is 0 Å². The molecule has 0 spiro atoms.